The van der Waals surface area contributed by atoms with Crippen molar-refractivity contribution in [2.24, 2.45) is 0 Å². The second kappa shape index (κ2) is 35.5. The molecule has 1 N–H and O–H groups in total. The molecule has 0 heterocycles. The number of carbonyl (C=O) groups is 2. The molecule has 1 unspecified atom stereocenters. The predicted octanol–water partition coefficient (Wildman–Crippen LogP) is 13.5. The average molecular weight is 684 g/mol. The Hall–Kier alpha value is -2.30. The van der Waals surface area contributed by atoms with Crippen LogP contribution in [0.2, 0.25) is 0 Å². The zero-order valence-electron chi connectivity index (χ0n) is 32.2. The molecule has 5 nitrogen and oxygen atoms in total. The Balaban J connectivity index is 2.15. The van der Waals surface area contributed by atoms with Gasteiger partial charge in [-0.15, -0.1) is 0 Å². The van der Waals surface area contributed by atoms with Gasteiger partial charge in [-0.25, -0.2) is 0 Å². The van der Waals surface area contributed by atoms with Gasteiger partial charge in [-0.05, 0) is 50.7 Å². The summed E-state index contributed by atoms with van der Waals surface area (Å²) in [6.45, 7) is 5.04. The second-order valence-corrected chi connectivity index (χ2v) is 14.2. The monoisotopic (exact) mass is 684 g/mol. The van der Waals surface area contributed by atoms with E-state index in [1.54, 1.807) is 0 Å². The van der Waals surface area contributed by atoms with Crippen LogP contribution in [0.1, 0.15) is 200 Å². The zero-order chi connectivity index (χ0) is 35.3. The number of hydrogen-bond donors (Lipinski definition) is 1. The summed E-state index contributed by atoms with van der Waals surface area (Å²) < 4.78 is 11.4. The standard InChI is InChI=1S/C44H77NO4/c1-3-5-7-9-11-13-15-17-19-21-23-25-27-29-34-38-44(47)49-42(39-45-41-35-31-30-32-36-41)40-48-43(46)37-33-28-26-24-22-20-18-16-14-12-10-8-6-4-2/h17,19,30-32,35-36,42,45H,3-16,18,20-29,33-34,37-40H2,1-2H3/b19-17-. The van der Waals surface area contributed by atoms with E-state index in [0.29, 0.717) is 19.4 Å². The van der Waals surface area contributed by atoms with E-state index in [-0.39, 0.29) is 18.5 Å². The first-order valence-corrected chi connectivity index (χ1v) is 20.9. The zero-order valence-corrected chi connectivity index (χ0v) is 32.2. The quantitative estimate of drug-likeness (QED) is 0.0433. The van der Waals surface area contributed by atoms with Gasteiger partial charge < -0.3 is 14.8 Å². The van der Waals surface area contributed by atoms with E-state index in [2.05, 4.69) is 31.3 Å². The van der Waals surface area contributed by atoms with Crippen LogP contribution in [0.25, 0.3) is 0 Å². The summed E-state index contributed by atoms with van der Waals surface area (Å²) in [5, 5.41) is 3.32. The Morgan fingerprint density at radius 2 is 0.959 bits per heavy atom. The minimum atomic E-state index is -0.504. The van der Waals surface area contributed by atoms with Crippen molar-refractivity contribution in [1.82, 2.24) is 0 Å². The Morgan fingerprint density at radius 1 is 0.551 bits per heavy atom. The van der Waals surface area contributed by atoms with E-state index in [0.717, 1.165) is 44.2 Å². The molecular weight excluding hydrogens is 606 g/mol. The molecule has 0 saturated heterocycles. The van der Waals surface area contributed by atoms with E-state index in [4.69, 9.17) is 9.47 Å². The Labute approximate surface area is 303 Å². The predicted molar refractivity (Wildman–Crippen MR) is 210 cm³/mol. The van der Waals surface area contributed by atoms with Crippen LogP contribution >= 0.6 is 0 Å². The summed E-state index contributed by atoms with van der Waals surface area (Å²) in [5.74, 6) is -0.405. The Kier molecular flexibility index (Phi) is 32.4. The number of ether oxygens (including phenoxy) is 2. The lowest BCUT2D eigenvalue weighted by atomic mass is 10.0. The number of anilines is 1. The molecule has 1 atom stereocenters. The molecule has 0 aromatic heterocycles. The van der Waals surface area contributed by atoms with Crippen LogP contribution in [0.3, 0.4) is 0 Å². The SMILES string of the molecule is CCCCCCCC/C=C\CCCCCCCC(=O)OC(CNc1ccccc1)COC(=O)CCCCCCCCCCCCCCCC. The first kappa shape index (κ1) is 44.7. The van der Waals surface area contributed by atoms with Crippen LogP contribution < -0.4 is 5.32 Å². The molecule has 0 radical (unpaired) electrons. The number of para-hydroxylation sites is 1. The molecule has 1 aromatic rings. The smallest absolute Gasteiger partial charge is 0.306 e. The van der Waals surface area contributed by atoms with Gasteiger partial charge in [-0.1, -0.05) is 179 Å². The Morgan fingerprint density at radius 3 is 1.43 bits per heavy atom. The summed E-state index contributed by atoms with van der Waals surface area (Å²) in [6, 6.07) is 9.85. The van der Waals surface area contributed by atoms with Crippen LogP contribution in [0.5, 0.6) is 0 Å². The third-order valence-electron chi connectivity index (χ3n) is 9.41. The summed E-state index contributed by atoms with van der Waals surface area (Å²) in [6.07, 6.45) is 39.1. The number of rotatable bonds is 36. The maximum absolute atomic E-state index is 12.7. The molecule has 0 saturated carbocycles. The van der Waals surface area contributed by atoms with Gasteiger partial charge in [0.1, 0.15) is 6.61 Å². The number of hydrogen-bond acceptors (Lipinski definition) is 5. The lowest BCUT2D eigenvalue weighted by Gasteiger charge is -2.19. The summed E-state index contributed by atoms with van der Waals surface area (Å²) in [5.41, 5.74) is 0.953. The number of allylic oxidation sites excluding steroid dienone is 2. The van der Waals surface area contributed by atoms with E-state index in [9.17, 15) is 9.59 Å². The molecule has 0 spiro atoms. The van der Waals surface area contributed by atoms with Gasteiger partial charge in [0.15, 0.2) is 6.10 Å². The third kappa shape index (κ3) is 31.4. The minimum Gasteiger partial charge on any atom is -0.462 e. The molecule has 1 rings (SSSR count). The molecule has 1 aromatic carbocycles. The van der Waals surface area contributed by atoms with Gasteiger partial charge in [0.2, 0.25) is 0 Å². The molecule has 0 aliphatic carbocycles. The van der Waals surface area contributed by atoms with Crippen molar-refractivity contribution < 1.29 is 19.1 Å². The van der Waals surface area contributed by atoms with Crippen LogP contribution in [0, 0.1) is 0 Å². The lowest BCUT2D eigenvalue weighted by Crippen LogP contribution is -2.31. The lowest BCUT2D eigenvalue weighted by molar-refractivity contribution is -0.158. The van der Waals surface area contributed by atoms with Gasteiger partial charge >= 0.3 is 11.9 Å². The van der Waals surface area contributed by atoms with Gasteiger partial charge in [-0.2, -0.15) is 0 Å². The first-order valence-electron chi connectivity index (χ1n) is 20.9. The van der Waals surface area contributed by atoms with Crippen LogP contribution in [-0.4, -0.2) is 31.2 Å². The van der Waals surface area contributed by atoms with Gasteiger partial charge in [0.05, 0.1) is 6.54 Å². The van der Waals surface area contributed by atoms with Crippen LogP contribution in [-0.2, 0) is 19.1 Å². The molecule has 0 bridgehead atoms. The van der Waals surface area contributed by atoms with Crippen LogP contribution in [0.15, 0.2) is 42.5 Å². The largest absolute Gasteiger partial charge is 0.462 e. The van der Waals surface area contributed by atoms with Crippen molar-refractivity contribution in [1.29, 1.82) is 0 Å². The number of benzene rings is 1. The molecule has 5 heteroatoms. The highest BCUT2D eigenvalue weighted by molar-refractivity contribution is 5.70. The summed E-state index contributed by atoms with van der Waals surface area (Å²) >= 11 is 0. The summed E-state index contributed by atoms with van der Waals surface area (Å²) in [7, 11) is 0. The number of nitrogens with one attached hydrogen (secondary N) is 1. The maximum Gasteiger partial charge on any atom is 0.306 e. The molecular formula is C44H77NO4. The fourth-order valence-corrected chi connectivity index (χ4v) is 6.23. The fourth-order valence-electron chi connectivity index (χ4n) is 6.23. The van der Waals surface area contributed by atoms with Crippen molar-refractivity contribution in [3.05, 3.63) is 42.5 Å². The van der Waals surface area contributed by atoms with Crippen molar-refractivity contribution in [2.75, 3.05) is 18.5 Å². The van der Waals surface area contributed by atoms with Crippen molar-refractivity contribution >= 4 is 17.6 Å². The van der Waals surface area contributed by atoms with E-state index < -0.39 is 6.10 Å². The van der Waals surface area contributed by atoms with E-state index in [1.807, 2.05) is 30.3 Å². The third-order valence-corrected chi connectivity index (χ3v) is 9.41. The fraction of sp³-hybridized carbons (Fsp3) is 0.773. The van der Waals surface area contributed by atoms with Crippen molar-refractivity contribution in [3.8, 4) is 0 Å². The highest BCUT2D eigenvalue weighted by Gasteiger charge is 2.17. The van der Waals surface area contributed by atoms with E-state index in [1.165, 1.54) is 135 Å². The number of esters is 2. The molecule has 49 heavy (non-hydrogen) atoms. The van der Waals surface area contributed by atoms with Crippen molar-refractivity contribution in [3.63, 3.8) is 0 Å². The molecule has 282 valence electrons. The maximum atomic E-state index is 12.7. The highest BCUT2D eigenvalue weighted by atomic mass is 16.6. The van der Waals surface area contributed by atoms with E-state index >= 15 is 0 Å². The van der Waals surface area contributed by atoms with Gasteiger partial charge in [0.25, 0.3) is 0 Å². The van der Waals surface area contributed by atoms with Gasteiger partial charge in [0, 0.05) is 18.5 Å². The molecule has 0 amide bonds. The molecule has 0 aliphatic rings. The highest BCUT2D eigenvalue weighted by Crippen LogP contribution is 2.15. The number of unbranched alkanes of at least 4 members (excludes halogenated alkanes) is 24. The van der Waals surface area contributed by atoms with Crippen molar-refractivity contribution in [2.45, 2.75) is 206 Å². The van der Waals surface area contributed by atoms with Gasteiger partial charge in [-0.3, -0.25) is 9.59 Å². The Bertz CT molecular complexity index is 886. The molecule has 0 aliphatic heterocycles. The average Bonchev–Trinajstić information content (AvgIpc) is 3.11. The topological polar surface area (TPSA) is 64.6 Å². The number of carbonyl (C=O) groups excluding carboxylic acids is 2. The van der Waals surface area contributed by atoms with Crippen LogP contribution in [0.4, 0.5) is 5.69 Å². The summed E-state index contributed by atoms with van der Waals surface area (Å²) in [4.78, 5) is 25.1. The second-order valence-electron chi connectivity index (χ2n) is 14.2. The molecule has 0 fully saturated rings. The first-order chi connectivity index (χ1) is 24.2. The normalized spacial score (nSPS) is 12.0. The minimum absolute atomic E-state index is 0.0926.